The quantitative estimate of drug-likeness (QED) is 0.812. The molecule has 0 aliphatic heterocycles. The van der Waals surface area contributed by atoms with Gasteiger partial charge in [-0.15, -0.1) is 0 Å². The molecule has 0 spiro atoms. The monoisotopic (exact) mass is 302 g/mol. The van der Waals surface area contributed by atoms with E-state index in [1.54, 1.807) is 16.7 Å². The van der Waals surface area contributed by atoms with Gasteiger partial charge in [0, 0.05) is 10.2 Å². The zero-order valence-electron chi connectivity index (χ0n) is 10.1. The van der Waals surface area contributed by atoms with Gasteiger partial charge < -0.3 is 0 Å². The largest absolute Gasteiger partial charge is 0.279 e. The topological polar surface area (TPSA) is 45.8 Å². The fourth-order valence-electron chi connectivity index (χ4n) is 1.81. The van der Waals surface area contributed by atoms with Crippen LogP contribution >= 0.6 is 15.9 Å². The maximum Gasteiger partial charge on any atom is 0.273 e. The van der Waals surface area contributed by atoms with Gasteiger partial charge in [-0.3, -0.25) is 9.36 Å². The standard InChI is InChI=1S/C14H11BrN2O/c1-9-3-6-13(12(15)7-9)17-10(2)4-5-11(8-16)14(17)18/h3-7H,1-2H3. The van der Waals surface area contributed by atoms with Gasteiger partial charge in [-0.25, -0.2) is 0 Å². The summed E-state index contributed by atoms with van der Waals surface area (Å²) >= 11 is 3.46. The molecule has 2 aromatic rings. The van der Waals surface area contributed by atoms with Gasteiger partial charge in [-0.05, 0) is 59.6 Å². The maximum absolute atomic E-state index is 12.2. The molecule has 4 heteroatoms. The summed E-state index contributed by atoms with van der Waals surface area (Å²) in [5.41, 5.74) is 2.51. The molecule has 90 valence electrons. The molecule has 0 radical (unpaired) electrons. The molecule has 0 amide bonds. The molecule has 0 fully saturated rings. The van der Waals surface area contributed by atoms with E-state index in [0.717, 1.165) is 21.4 Å². The lowest BCUT2D eigenvalue weighted by molar-refractivity contribution is 0.923. The Morgan fingerprint density at radius 2 is 1.94 bits per heavy atom. The first-order valence-corrected chi connectivity index (χ1v) is 6.23. The van der Waals surface area contributed by atoms with Crippen molar-refractivity contribution in [3.05, 3.63) is 62.0 Å². The van der Waals surface area contributed by atoms with Crippen LogP contribution in [0.3, 0.4) is 0 Å². The molecule has 0 N–H and O–H groups in total. The van der Waals surface area contributed by atoms with Crippen molar-refractivity contribution in [2.75, 3.05) is 0 Å². The average Bonchev–Trinajstić information content (AvgIpc) is 2.32. The van der Waals surface area contributed by atoms with Crippen molar-refractivity contribution in [1.29, 1.82) is 5.26 Å². The van der Waals surface area contributed by atoms with Gasteiger partial charge in [0.25, 0.3) is 5.56 Å². The Hall–Kier alpha value is -1.86. The predicted octanol–water partition coefficient (Wildman–Crippen LogP) is 3.09. The van der Waals surface area contributed by atoms with Crippen LogP contribution in [0.1, 0.15) is 16.8 Å². The van der Waals surface area contributed by atoms with Crippen LogP contribution in [0.5, 0.6) is 0 Å². The van der Waals surface area contributed by atoms with Gasteiger partial charge in [-0.2, -0.15) is 5.26 Å². The summed E-state index contributed by atoms with van der Waals surface area (Å²) in [4.78, 5) is 12.2. The van der Waals surface area contributed by atoms with Gasteiger partial charge in [0.05, 0.1) is 5.69 Å². The molecule has 0 aliphatic carbocycles. The highest BCUT2D eigenvalue weighted by atomic mass is 79.9. The van der Waals surface area contributed by atoms with Crippen LogP contribution in [0.15, 0.2) is 39.6 Å². The molecule has 1 heterocycles. The highest BCUT2D eigenvalue weighted by molar-refractivity contribution is 9.10. The summed E-state index contributed by atoms with van der Waals surface area (Å²) in [5, 5.41) is 8.92. The lowest BCUT2D eigenvalue weighted by atomic mass is 10.2. The molecular weight excluding hydrogens is 292 g/mol. The van der Waals surface area contributed by atoms with Crippen LogP contribution < -0.4 is 5.56 Å². The van der Waals surface area contributed by atoms with Crippen molar-refractivity contribution in [3.8, 4) is 11.8 Å². The first kappa shape index (κ1) is 12.6. The van der Waals surface area contributed by atoms with E-state index in [1.165, 1.54) is 0 Å². The van der Waals surface area contributed by atoms with Gasteiger partial charge in [0.1, 0.15) is 11.6 Å². The number of hydrogen-bond acceptors (Lipinski definition) is 2. The van der Waals surface area contributed by atoms with Crippen LogP contribution in [0.4, 0.5) is 0 Å². The maximum atomic E-state index is 12.2. The molecule has 18 heavy (non-hydrogen) atoms. The summed E-state index contributed by atoms with van der Waals surface area (Å²) in [6.45, 7) is 3.82. The fourth-order valence-corrected chi connectivity index (χ4v) is 2.48. The van der Waals surface area contributed by atoms with Crippen molar-refractivity contribution in [1.82, 2.24) is 4.57 Å². The van der Waals surface area contributed by atoms with E-state index in [9.17, 15) is 4.79 Å². The van der Waals surface area contributed by atoms with Crippen LogP contribution in [0, 0.1) is 25.2 Å². The normalized spacial score (nSPS) is 10.1. The molecule has 3 nitrogen and oxygen atoms in total. The minimum absolute atomic E-state index is 0.146. The lowest BCUT2D eigenvalue weighted by Crippen LogP contribution is -2.23. The number of hydrogen-bond donors (Lipinski definition) is 0. The average molecular weight is 303 g/mol. The van der Waals surface area contributed by atoms with Crippen molar-refractivity contribution >= 4 is 15.9 Å². The van der Waals surface area contributed by atoms with E-state index in [2.05, 4.69) is 15.9 Å². The number of pyridine rings is 1. The lowest BCUT2D eigenvalue weighted by Gasteiger charge is -2.12. The summed E-state index contributed by atoms with van der Waals surface area (Å²) in [7, 11) is 0. The summed E-state index contributed by atoms with van der Waals surface area (Å²) in [5.74, 6) is 0. The molecule has 2 rings (SSSR count). The predicted molar refractivity (Wildman–Crippen MR) is 73.9 cm³/mol. The van der Waals surface area contributed by atoms with Crippen LogP contribution in [0.2, 0.25) is 0 Å². The number of aryl methyl sites for hydroxylation is 2. The third-order valence-corrected chi connectivity index (χ3v) is 3.38. The highest BCUT2D eigenvalue weighted by Gasteiger charge is 2.10. The molecule has 0 saturated heterocycles. The number of benzene rings is 1. The second-order valence-corrected chi connectivity index (χ2v) is 4.95. The van der Waals surface area contributed by atoms with Crippen molar-refractivity contribution in [2.45, 2.75) is 13.8 Å². The second kappa shape index (κ2) is 4.79. The van der Waals surface area contributed by atoms with E-state index in [1.807, 2.05) is 38.1 Å². The molecule has 1 aromatic heterocycles. The fraction of sp³-hybridized carbons (Fsp3) is 0.143. The minimum Gasteiger partial charge on any atom is -0.279 e. The number of halogens is 1. The Labute approximate surface area is 113 Å². The summed E-state index contributed by atoms with van der Waals surface area (Å²) in [6, 6.07) is 11.0. The van der Waals surface area contributed by atoms with Crippen molar-refractivity contribution in [3.63, 3.8) is 0 Å². The molecule has 1 aromatic carbocycles. The number of aromatic nitrogens is 1. The molecule has 0 atom stereocenters. The van der Waals surface area contributed by atoms with Gasteiger partial charge in [0.15, 0.2) is 0 Å². The van der Waals surface area contributed by atoms with E-state index in [-0.39, 0.29) is 11.1 Å². The van der Waals surface area contributed by atoms with E-state index >= 15 is 0 Å². The Bertz CT molecular complexity index is 711. The van der Waals surface area contributed by atoms with Crippen molar-refractivity contribution < 1.29 is 0 Å². The number of rotatable bonds is 1. The van der Waals surface area contributed by atoms with Gasteiger partial charge in [0.2, 0.25) is 0 Å². The third-order valence-electron chi connectivity index (χ3n) is 2.74. The molecule has 0 saturated carbocycles. The van der Waals surface area contributed by atoms with E-state index < -0.39 is 0 Å². The first-order chi connectivity index (χ1) is 8.54. The molecule has 0 aliphatic rings. The molecular formula is C14H11BrN2O. The summed E-state index contributed by atoms with van der Waals surface area (Å²) < 4.78 is 2.38. The summed E-state index contributed by atoms with van der Waals surface area (Å²) in [6.07, 6.45) is 0. The zero-order valence-corrected chi connectivity index (χ0v) is 11.7. The first-order valence-electron chi connectivity index (χ1n) is 5.44. The highest BCUT2D eigenvalue weighted by Crippen LogP contribution is 2.22. The number of nitrogens with zero attached hydrogens (tertiary/aromatic N) is 2. The van der Waals surface area contributed by atoms with Crippen molar-refractivity contribution in [2.24, 2.45) is 0 Å². The van der Waals surface area contributed by atoms with E-state index in [0.29, 0.717) is 0 Å². The Morgan fingerprint density at radius 3 is 2.56 bits per heavy atom. The minimum atomic E-state index is -0.290. The Kier molecular flexibility index (Phi) is 3.35. The van der Waals surface area contributed by atoms with Gasteiger partial charge >= 0.3 is 0 Å². The Balaban J connectivity index is 2.79. The second-order valence-electron chi connectivity index (χ2n) is 4.10. The number of nitriles is 1. The van der Waals surface area contributed by atoms with Crippen LogP contribution in [-0.4, -0.2) is 4.57 Å². The smallest absolute Gasteiger partial charge is 0.273 e. The Morgan fingerprint density at radius 1 is 1.22 bits per heavy atom. The molecule has 0 unspecified atom stereocenters. The van der Waals surface area contributed by atoms with Crippen LogP contribution in [0.25, 0.3) is 5.69 Å². The zero-order chi connectivity index (χ0) is 13.3. The molecule has 0 bridgehead atoms. The van der Waals surface area contributed by atoms with E-state index in [4.69, 9.17) is 5.26 Å². The third kappa shape index (κ3) is 2.09. The van der Waals surface area contributed by atoms with Gasteiger partial charge in [-0.1, -0.05) is 6.07 Å². The van der Waals surface area contributed by atoms with Crippen LogP contribution in [-0.2, 0) is 0 Å². The SMILES string of the molecule is Cc1ccc(-n2c(C)ccc(C#N)c2=O)c(Br)c1.